The molecular formula is C6H11FO2. The summed E-state index contributed by atoms with van der Waals surface area (Å²) in [5.74, 6) is -0.182. The van der Waals surface area contributed by atoms with Gasteiger partial charge in [-0.3, -0.25) is 0 Å². The maximum Gasteiger partial charge on any atom is 0.128 e. The van der Waals surface area contributed by atoms with E-state index in [-0.39, 0.29) is 19.1 Å². The average Bonchev–Trinajstić information content (AvgIpc) is 1.89. The number of aliphatic hydroxyl groups is 1. The molecule has 1 heterocycles. The molecule has 0 aliphatic carbocycles. The van der Waals surface area contributed by atoms with Gasteiger partial charge in [0.05, 0.1) is 6.61 Å². The molecule has 1 N–H and O–H groups in total. The van der Waals surface area contributed by atoms with Crippen molar-refractivity contribution >= 4 is 0 Å². The van der Waals surface area contributed by atoms with Gasteiger partial charge in [0, 0.05) is 19.1 Å². The van der Waals surface area contributed by atoms with Crippen LogP contribution in [0.2, 0.25) is 0 Å². The fourth-order valence-electron chi connectivity index (χ4n) is 0.953. The number of ether oxygens (including phenoxy) is 1. The molecule has 1 fully saturated rings. The van der Waals surface area contributed by atoms with Crippen LogP contribution in [0.25, 0.3) is 0 Å². The smallest absolute Gasteiger partial charge is 0.128 e. The highest BCUT2D eigenvalue weighted by Gasteiger charge is 2.23. The Bertz CT molecular complexity index is 87.1. The first-order chi connectivity index (χ1) is 4.34. The first-order valence-electron chi connectivity index (χ1n) is 3.17. The molecule has 0 radical (unpaired) electrons. The quantitative estimate of drug-likeness (QED) is 0.560. The molecule has 9 heavy (non-hydrogen) atoms. The second-order valence-electron chi connectivity index (χ2n) is 2.32. The van der Waals surface area contributed by atoms with Gasteiger partial charge in [-0.2, -0.15) is 0 Å². The number of rotatable bonds is 1. The van der Waals surface area contributed by atoms with E-state index in [1.165, 1.54) is 0 Å². The maximum atomic E-state index is 12.6. The molecule has 1 saturated heterocycles. The summed E-state index contributed by atoms with van der Waals surface area (Å²) in [5.41, 5.74) is 0. The zero-order valence-electron chi connectivity index (χ0n) is 5.22. The summed E-state index contributed by atoms with van der Waals surface area (Å²) in [6.45, 7) is 0.696. The monoisotopic (exact) mass is 134 g/mol. The lowest BCUT2D eigenvalue weighted by Gasteiger charge is -2.23. The minimum Gasteiger partial charge on any atom is -0.396 e. The van der Waals surface area contributed by atoms with Gasteiger partial charge in [0.15, 0.2) is 0 Å². The summed E-state index contributed by atoms with van der Waals surface area (Å²) < 4.78 is 17.4. The third kappa shape index (κ3) is 1.63. The van der Waals surface area contributed by atoms with Crippen molar-refractivity contribution in [1.29, 1.82) is 0 Å². The van der Waals surface area contributed by atoms with Crippen LogP contribution in [0.4, 0.5) is 4.39 Å². The molecule has 54 valence electrons. The first-order valence-corrected chi connectivity index (χ1v) is 3.17. The van der Waals surface area contributed by atoms with Crippen molar-refractivity contribution in [3.05, 3.63) is 0 Å². The highest BCUT2D eigenvalue weighted by Crippen LogP contribution is 2.17. The number of alkyl halides is 1. The Kier molecular flexibility index (Phi) is 2.42. The van der Waals surface area contributed by atoms with Crippen LogP contribution in [0.15, 0.2) is 0 Å². The predicted molar refractivity (Wildman–Crippen MR) is 30.9 cm³/mol. The number of hydrogen-bond donors (Lipinski definition) is 1. The van der Waals surface area contributed by atoms with Gasteiger partial charge < -0.3 is 9.84 Å². The van der Waals surface area contributed by atoms with Crippen molar-refractivity contribution in [1.82, 2.24) is 0 Å². The minimum atomic E-state index is -0.955. The van der Waals surface area contributed by atoms with E-state index in [4.69, 9.17) is 9.84 Å². The van der Waals surface area contributed by atoms with Crippen molar-refractivity contribution < 1.29 is 14.2 Å². The van der Waals surface area contributed by atoms with E-state index in [9.17, 15) is 4.39 Å². The van der Waals surface area contributed by atoms with E-state index in [1.54, 1.807) is 0 Å². The first kappa shape index (κ1) is 6.96. The highest BCUT2D eigenvalue weighted by atomic mass is 19.1. The zero-order valence-corrected chi connectivity index (χ0v) is 5.22. The molecule has 3 heteroatoms. The normalized spacial score (nSPS) is 36.7. The van der Waals surface area contributed by atoms with E-state index in [0.717, 1.165) is 0 Å². The lowest BCUT2D eigenvalue weighted by atomic mass is 10.00. The predicted octanol–water partition coefficient (Wildman–Crippen LogP) is 0.353. The van der Waals surface area contributed by atoms with Gasteiger partial charge in [-0.15, -0.1) is 0 Å². The van der Waals surface area contributed by atoms with Gasteiger partial charge in [-0.25, -0.2) is 4.39 Å². The molecule has 0 aromatic heterocycles. The van der Waals surface area contributed by atoms with Gasteiger partial charge >= 0.3 is 0 Å². The van der Waals surface area contributed by atoms with Crippen LogP contribution in [-0.2, 0) is 4.74 Å². The third-order valence-electron chi connectivity index (χ3n) is 1.66. The molecule has 1 aliphatic heterocycles. The van der Waals surface area contributed by atoms with Crippen molar-refractivity contribution in [2.75, 3.05) is 19.8 Å². The summed E-state index contributed by atoms with van der Waals surface area (Å²) in [5, 5.41) is 8.57. The van der Waals surface area contributed by atoms with Gasteiger partial charge in [0.2, 0.25) is 0 Å². The zero-order chi connectivity index (χ0) is 6.69. The summed E-state index contributed by atoms with van der Waals surface area (Å²) in [6, 6.07) is 0. The van der Waals surface area contributed by atoms with E-state index < -0.39 is 6.17 Å². The summed E-state index contributed by atoms with van der Waals surface area (Å²) in [4.78, 5) is 0. The number of halogens is 1. The molecular weight excluding hydrogens is 123 g/mol. The van der Waals surface area contributed by atoms with Crippen LogP contribution in [0.1, 0.15) is 6.42 Å². The number of hydrogen-bond acceptors (Lipinski definition) is 2. The van der Waals surface area contributed by atoms with E-state index in [2.05, 4.69) is 0 Å². The maximum absolute atomic E-state index is 12.6. The Morgan fingerprint density at radius 3 is 2.89 bits per heavy atom. The van der Waals surface area contributed by atoms with Crippen LogP contribution in [-0.4, -0.2) is 31.1 Å². The van der Waals surface area contributed by atoms with Gasteiger partial charge in [0.1, 0.15) is 6.17 Å². The molecule has 2 atom stereocenters. The molecule has 0 spiro atoms. The van der Waals surface area contributed by atoms with Crippen LogP contribution < -0.4 is 0 Å². The molecule has 1 rings (SSSR count). The van der Waals surface area contributed by atoms with Crippen LogP contribution in [0.5, 0.6) is 0 Å². The Morgan fingerprint density at radius 2 is 2.44 bits per heavy atom. The lowest BCUT2D eigenvalue weighted by molar-refractivity contribution is -0.0192. The van der Waals surface area contributed by atoms with Gasteiger partial charge in [-0.05, 0) is 6.42 Å². The van der Waals surface area contributed by atoms with Gasteiger partial charge in [0.25, 0.3) is 0 Å². The Morgan fingerprint density at radius 1 is 1.67 bits per heavy atom. The molecule has 0 bridgehead atoms. The van der Waals surface area contributed by atoms with Crippen molar-refractivity contribution in [2.24, 2.45) is 5.92 Å². The standard InChI is InChI=1S/C6H11FO2/c7-6-4-9-2-1-5(6)3-8/h5-6,8H,1-4H2/t5-,6+/m1/s1. The summed E-state index contributed by atoms with van der Waals surface area (Å²) in [6.07, 6.45) is -0.304. The minimum absolute atomic E-state index is 0.0511. The molecule has 1 aliphatic rings. The SMILES string of the molecule is OC[C@H]1CCOC[C@@H]1F. The van der Waals surface area contributed by atoms with Crippen molar-refractivity contribution in [2.45, 2.75) is 12.6 Å². The van der Waals surface area contributed by atoms with E-state index in [0.29, 0.717) is 13.0 Å². The summed E-state index contributed by atoms with van der Waals surface area (Å²) >= 11 is 0. The number of aliphatic hydroxyl groups excluding tert-OH is 1. The van der Waals surface area contributed by atoms with Crippen molar-refractivity contribution in [3.8, 4) is 0 Å². The molecule has 0 unspecified atom stereocenters. The highest BCUT2D eigenvalue weighted by molar-refractivity contribution is 4.71. The molecule has 0 amide bonds. The van der Waals surface area contributed by atoms with E-state index >= 15 is 0 Å². The second kappa shape index (κ2) is 3.13. The third-order valence-corrected chi connectivity index (χ3v) is 1.66. The van der Waals surface area contributed by atoms with E-state index in [1.807, 2.05) is 0 Å². The molecule has 0 aromatic carbocycles. The van der Waals surface area contributed by atoms with Crippen molar-refractivity contribution in [3.63, 3.8) is 0 Å². The van der Waals surface area contributed by atoms with Crippen LogP contribution in [0.3, 0.4) is 0 Å². The fourth-order valence-corrected chi connectivity index (χ4v) is 0.953. The largest absolute Gasteiger partial charge is 0.396 e. The average molecular weight is 134 g/mol. The second-order valence-corrected chi connectivity index (χ2v) is 2.32. The summed E-state index contributed by atoms with van der Waals surface area (Å²) in [7, 11) is 0. The fraction of sp³-hybridized carbons (Fsp3) is 1.00. The molecule has 0 saturated carbocycles. The molecule has 0 aromatic rings. The topological polar surface area (TPSA) is 29.5 Å². The Hall–Kier alpha value is -0.150. The Balaban J connectivity index is 2.30. The van der Waals surface area contributed by atoms with Crippen LogP contribution >= 0.6 is 0 Å². The Labute approximate surface area is 53.6 Å². The van der Waals surface area contributed by atoms with Gasteiger partial charge in [-0.1, -0.05) is 0 Å². The van der Waals surface area contributed by atoms with Crippen LogP contribution in [0, 0.1) is 5.92 Å². The molecule has 2 nitrogen and oxygen atoms in total. The lowest BCUT2D eigenvalue weighted by Crippen LogP contribution is -2.31.